The molecule has 4 aliphatic rings. The Morgan fingerprint density at radius 2 is 1.17 bits per heavy atom. The van der Waals surface area contributed by atoms with Gasteiger partial charge in [-0.05, 0) is 78.0 Å². The second kappa shape index (κ2) is 16.9. The van der Waals surface area contributed by atoms with Crippen molar-refractivity contribution in [1.82, 2.24) is 55.5 Å². The summed E-state index contributed by atoms with van der Waals surface area (Å²) in [6.07, 6.45) is 8.68. The van der Waals surface area contributed by atoms with Crippen molar-refractivity contribution >= 4 is 67.2 Å². The molecule has 4 aromatic carbocycles. The largest absolute Gasteiger partial charge is 0.355 e. The molecule has 6 aromatic heterocycles. The Kier molecular flexibility index (Phi) is 10.4. The molecule has 14 rings (SSSR count). The normalized spacial score (nSPS) is 23.2. The van der Waals surface area contributed by atoms with E-state index in [9.17, 15) is 13.6 Å². The molecule has 16 nitrogen and oxygen atoms in total. The van der Waals surface area contributed by atoms with Crippen LogP contribution in [0.15, 0.2) is 121 Å². The van der Waals surface area contributed by atoms with Crippen molar-refractivity contribution < 1.29 is 8.78 Å². The number of fused-ring (bicyclic) bond motifs is 6. The molecule has 8 heterocycles. The number of pyridine rings is 1. The van der Waals surface area contributed by atoms with E-state index in [1.165, 1.54) is 12.1 Å². The molecule has 0 bridgehead atoms. The van der Waals surface area contributed by atoms with Crippen molar-refractivity contribution in [1.29, 1.82) is 0 Å². The maximum atomic E-state index is 14.7. The Labute approximate surface area is 414 Å². The predicted octanol–water partition coefficient (Wildman–Crippen LogP) is 7.46. The summed E-state index contributed by atoms with van der Waals surface area (Å²) < 4.78 is 29.4. The minimum absolute atomic E-state index is 0.165. The second-order valence-electron chi connectivity index (χ2n) is 19.4. The maximum absolute atomic E-state index is 14.7. The van der Waals surface area contributed by atoms with Gasteiger partial charge in [0.2, 0.25) is 0 Å². The minimum Gasteiger partial charge on any atom is -0.355 e. The van der Waals surface area contributed by atoms with Crippen LogP contribution < -0.4 is 26.8 Å². The molecule has 2 saturated carbocycles. The highest BCUT2D eigenvalue weighted by atomic mass is 35.5. The zero-order valence-electron chi connectivity index (χ0n) is 38.6. The van der Waals surface area contributed by atoms with Gasteiger partial charge < -0.3 is 21.3 Å². The average Bonchev–Trinajstić information content (AvgIpc) is 4.08. The minimum atomic E-state index is -0.317. The fourth-order valence-electron chi connectivity index (χ4n) is 12.4. The number of nitrogens with two attached hydrogens (primary N) is 2. The first kappa shape index (κ1) is 44.2. The molecule has 72 heavy (non-hydrogen) atoms. The lowest BCUT2D eigenvalue weighted by molar-refractivity contribution is 0.533. The fraction of sp³-hybridized carbons (Fsp3) is 0.264. The van der Waals surface area contributed by atoms with Gasteiger partial charge in [0.25, 0.3) is 5.56 Å². The lowest BCUT2D eigenvalue weighted by Crippen LogP contribution is -2.32. The molecule has 10 aromatic rings. The van der Waals surface area contributed by atoms with E-state index in [1.807, 2.05) is 60.7 Å². The summed E-state index contributed by atoms with van der Waals surface area (Å²) in [5, 5.41) is 24.1. The molecule has 2 aliphatic heterocycles. The van der Waals surface area contributed by atoms with Crippen LogP contribution in [0.25, 0.3) is 66.5 Å². The van der Waals surface area contributed by atoms with Gasteiger partial charge in [-0.15, -0.1) is 0 Å². The number of nitrogens with zero attached hydrogens (tertiary/aromatic N) is 10. The molecule has 0 radical (unpaired) electrons. The number of H-pyrrole nitrogens is 3. The van der Waals surface area contributed by atoms with Crippen LogP contribution in [0.4, 0.5) is 20.4 Å². The highest BCUT2D eigenvalue weighted by Gasteiger charge is 2.67. The Morgan fingerprint density at radius 3 is 1.72 bits per heavy atom. The Morgan fingerprint density at radius 1 is 0.625 bits per heavy atom. The monoisotopic (exact) mass is 981 g/mol. The van der Waals surface area contributed by atoms with E-state index in [2.05, 4.69) is 50.4 Å². The lowest BCUT2D eigenvalue weighted by Gasteiger charge is -2.26. The van der Waals surface area contributed by atoms with Crippen molar-refractivity contribution in [2.75, 3.05) is 49.1 Å². The quantitative estimate of drug-likeness (QED) is 0.0998. The van der Waals surface area contributed by atoms with Crippen LogP contribution in [0.2, 0.25) is 5.02 Å². The van der Waals surface area contributed by atoms with E-state index in [1.54, 1.807) is 43.0 Å². The Bertz CT molecular complexity index is 3830. The van der Waals surface area contributed by atoms with Crippen LogP contribution in [-0.2, 0) is 10.8 Å². The Balaban J connectivity index is 0.000000140. The molecule has 4 fully saturated rings. The van der Waals surface area contributed by atoms with Crippen molar-refractivity contribution in [2.24, 2.45) is 35.1 Å². The van der Waals surface area contributed by atoms with Crippen LogP contribution in [0.1, 0.15) is 24.0 Å². The van der Waals surface area contributed by atoms with Crippen molar-refractivity contribution in [3.8, 4) is 22.5 Å². The zero-order chi connectivity index (χ0) is 48.9. The summed E-state index contributed by atoms with van der Waals surface area (Å²) in [4.78, 5) is 40.1. The summed E-state index contributed by atoms with van der Waals surface area (Å²) in [7, 11) is 0. The van der Waals surface area contributed by atoms with Gasteiger partial charge in [-0.25, -0.2) is 33.8 Å². The summed E-state index contributed by atoms with van der Waals surface area (Å²) >= 11 is 6.06. The number of rotatable bonds is 8. The maximum Gasteiger partial charge on any atom is 0.272 e. The third kappa shape index (κ3) is 6.94. The molecule has 360 valence electrons. The van der Waals surface area contributed by atoms with E-state index >= 15 is 0 Å². The van der Waals surface area contributed by atoms with E-state index in [0.717, 1.165) is 94.9 Å². The zero-order valence-corrected chi connectivity index (χ0v) is 39.4. The smallest absolute Gasteiger partial charge is 0.272 e. The number of anilines is 2. The van der Waals surface area contributed by atoms with Crippen LogP contribution in [0, 0.1) is 35.3 Å². The number of piperidine rings is 2. The molecular weight excluding hydrogens is 936 g/mol. The van der Waals surface area contributed by atoms with Crippen molar-refractivity contribution in [3.05, 3.63) is 154 Å². The number of hydrogen-bond donors (Lipinski definition) is 5. The fourth-order valence-corrected chi connectivity index (χ4v) is 12.6. The molecule has 0 unspecified atom stereocenters. The number of halogens is 3. The van der Waals surface area contributed by atoms with Crippen LogP contribution in [-0.4, -0.2) is 94.8 Å². The van der Waals surface area contributed by atoms with Gasteiger partial charge in [0.1, 0.15) is 45.7 Å². The van der Waals surface area contributed by atoms with Crippen LogP contribution >= 0.6 is 11.6 Å². The van der Waals surface area contributed by atoms with Crippen LogP contribution in [0.3, 0.4) is 0 Å². The highest BCUT2D eigenvalue weighted by molar-refractivity contribution is 6.31. The first-order valence-electron chi connectivity index (χ1n) is 24.0. The van der Waals surface area contributed by atoms with Gasteiger partial charge in [-0.3, -0.25) is 20.0 Å². The standard InChI is InChI=1S/C27H23ClFN7.C26H23FN8O/c28-17-9-15-5-6-16(10-22(15)31-11-17)24-25-26(35-34-24)33-23(12-32-25)36-8-7-18-20(13-36)27(18,14-30)19-3-1-2-4-21(19)29;27-20-4-2-1-3-18(20)26(13-28)17-7-8-35(12-19(17)26)21-11-29-23-22(32-33-24(23)31-21)14-5-6-15-10-30-34-25(36)16(15)9-14/h1-6,9-12,18,20H,7-8,13-14,30H2,(H,33,34,35);1-6,9-11,17,19H,7-8,12-13,28H2,(H,34,36)(H,31,32,33)/t18-,20+,27-;17-,19+,26-/m11/s1. The SMILES string of the molecule is NC[C@]1(c2ccccc2F)[C@@H]2CCN(c3cnc4c(-c5ccc6cc(Cl)cnc6c5)n[nH]c4n3)C[C@@H]21.NC[C@]1(c2ccccc2F)[C@@H]2CCN(c3cnc4c(-c5ccc6cn[nH]c(=O)c6c5)n[nH]c4n3)C[C@@H]21. The molecule has 19 heteroatoms. The molecule has 0 amide bonds. The highest BCUT2D eigenvalue weighted by Crippen LogP contribution is 2.64. The third-order valence-corrected chi connectivity index (χ3v) is 16.3. The van der Waals surface area contributed by atoms with E-state index in [-0.39, 0.29) is 33.9 Å². The number of hydrogen-bond acceptors (Lipinski definition) is 13. The van der Waals surface area contributed by atoms with Gasteiger partial charge in [-0.1, -0.05) is 72.3 Å². The first-order valence-corrected chi connectivity index (χ1v) is 24.4. The predicted molar refractivity (Wildman–Crippen MR) is 272 cm³/mol. The topological polar surface area (TPSA) is 226 Å². The van der Waals surface area contributed by atoms with E-state index < -0.39 is 0 Å². The molecule has 7 N–H and O–H groups in total. The van der Waals surface area contributed by atoms with Gasteiger partial charge in [0.15, 0.2) is 11.3 Å². The van der Waals surface area contributed by atoms with Crippen LogP contribution in [0.5, 0.6) is 0 Å². The van der Waals surface area contributed by atoms with E-state index in [4.69, 9.17) is 38.0 Å². The first-order chi connectivity index (χ1) is 35.2. The summed E-state index contributed by atoms with van der Waals surface area (Å²) in [6, 6.07) is 27.4. The van der Waals surface area contributed by atoms with Gasteiger partial charge in [-0.2, -0.15) is 15.3 Å². The van der Waals surface area contributed by atoms with Crippen molar-refractivity contribution in [3.63, 3.8) is 0 Å². The Hall–Kier alpha value is -7.80. The molecule has 2 saturated heterocycles. The third-order valence-electron chi connectivity index (χ3n) is 16.1. The number of benzene rings is 4. The van der Waals surface area contributed by atoms with Gasteiger partial charge >= 0.3 is 0 Å². The molecule has 0 spiro atoms. The van der Waals surface area contributed by atoms with Gasteiger partial charge in [0.05, 0.1) is 34.5 Å². The van der Waals surface area contributed by atoms with Gasteiger partial charge in [0, 0.05) is 78.2 Å². The molecule has 6 atom stereocenters. The second-order valence-corrected chi connectivity index (χ2v) is 19.8. The van der Waals surface area contributed by atoms with Crippen molar-refractivity contribution in [2.45, 2.75) is 23.7 Å². The number of aromatic nitrogens is 11. The summed E-state index contributed by atoms with van der Waals surface area (Å²) in [5.74, 6) is 2.53. The van der Waals surface area contributed by atoms with E-state index in [0.29, 0.717) is 69.3 Å². The number of aromatic amines is 3. The summed E-state index contributed by atoms with van der Waals surface area (Å²) in [5.41, 5.74) is 19.5. The number of nitrogens with one attached hydrogen (secondary N) is 3. The average molecular weight is 983 g/mol. The lowest BCUT2D eigenvalue weighted by atomic mass is 9.91. The summed E-state index contributed by atoms with van der Waals surface area (Å²) in [6.45, 7) is 4.03. The molecule has 2 aliphatic carbocycles. The molecular formula is C53H46ClF2N15O.